The number of carbonyl (C=O) groups is 2. The lowest BCUT2D eigenvalue weighted by Crippen LogP contribution is -2.55. The van der Waals surface area contributed by atoms with Gasteiger partial charge in [0.1, 0.15) is 6.04 Å². The first-order valence-electron chi connectivity index (χ1n) is 7.33. The van der Waals surface area contributed by atoms with Crippen molar-refractivity contribution in [1.82, 2.24) is 4.90 Å². The average Bonchev–Trinajstić information content (AvgIpc) is 2.45. The van der Waals surface area contributed by atoms with E-state index in [0.29, 0.717) is 31.4 Å². The van der Waals surface area contributed by atoms with Crippen LogP contribution in [0.3, 0.4) is 0 Å². The topological polar surface area (TPSA) is 81.9 Å². The monoisotopic (exact) mass is 284 g/mol. The Hall–Kier alpha value is -1.30. The highest BCUT2D eigenvalue weighted by Gasteiger charge is 2.44. The Morgan fingerprint density at radius 2 is 2.00 bits per heavy atom. The molecule has 114 valence electrons. The maximum absolute atomic E-state index is 12.1. The van der Waals surface area contributed by atoms with Gasteiger partial charge in [0.05, 0.1) is 13.7 Å². The van der Waals surface area contributed by atoms with Crippen LogP contribution in [0.1, 0.15) is 32.6 Å². The fraction of sp³-hybridized carbons (Fsp3) is 0.857. The summed E-state index contributed by atoms with van der Waals surface area (Å²) in [5, 5.41) is 0. The van der Waals surface area contributed by atoms with E-state index in [1.54, 1.807) is 6.92 Å². The summed E-state index contributed by atoms with van der Waals surface area (Å²) in [6.07, 6.45) is 3.10. The van der Waals surface area contributed by atoms with E-state index < -0.39 is 12.1 Å². The van der Waals surface area contributed by atoms with Crippen LogP contribution >= 0.6 is 0 Å². The number of piperidine rings is 1. The fourth-order valence-corrected chi connectivity index (χ4v) is 3.47. The van der Waals surface area contributed by atoms with Gasteiger partial charge in [-0.2, -0.15) is 0 Å². The Morgan fingerprint density at radius 1 is 1.25 bits per heavy atom. The van der Waals surface area contributed by atoms with Crippen molar-refractivity contribution < 1.29 is 19.1 Å². The average molecular weight is 284 g/mol. The number of ether oxygens (including phenoxy) is 2. The van der Waals surface area contributed by atoms with Crippen LogP contribution < -0.4 is 5.73 Å². The van der Waals surface area contributed by atoms with Gasteiger partial charge in [0.15, 0.2) is 0 Å². The molecule has 1 aliphatic carbocycles. The molecule has 0 radical (unpaired) electrons. The molecule has 2 aliphatic rings. The van der Waals surface area contributed by atoms with Crippen LogP contribution in [-0.2, 0) is 14.3 Å². The van der Waals surface area contributed by atoms with Crippen LogP contribution in [0.5, 0.6) is 0 Å². The maximum atomic E-state index is 12.1. The third-order valence-electron chi connectivity index (χ3n) is 4.48. The molecule has 1 aliphatic heterocycles. The van der Waals surface area contributed by atoms with Crippen molar-refractivity contribution in [2.24, 2.45) is 17.6 Å². The number of fused-ring (bicyclic) bond motifs is 1. The van der Waals surface area contributed by atoms with Crippen LogP contribution in [0.25, 0.3) is 0 Å². The van der Waals surface area contributed by atoms with Crippen LogP contribution in [0.2, 0.25) is 0 Å². The van der Waals surface area contributed by atoms with Crippen LogP contribution in [-0.4, -0.2) is 49.3 Å². The van der Waals surface area contributed by atoms with Crippen molar-refractivity contribution in [3.8, 4) is 0 Å². The number of amides is 1. The van der Waals surface area contributed by atoms with Gasteiger partial charge < -0.3 is 15.2 Å². The maximum Gasteiger partial charge on any atom is 0.410 e. The number of carbonyl (C=O) groups excluding carboxylic acids is 2. The molecule has 0 aromatic heterocycles. The smallest absolute Gasteiger partial charge is 0.410 e. The molecule has 6 heteroatoms. The zero-order chi connectivity index (χ0) is 14.7. The number of hydrogen-bond acceptors (Lipinski definition) is 5. The first-order chi connectivity index (χ1) is 9.56. The highest BCUT2D eigenvalue weighted by Crippen LogP contribution is 2.38. The minimum Gasteiger partial charge on any atom is -0.464 e. The quantitative estimate of drug-likeness (QED) is 0.769. The zero-order valence-corrected chi connectivity index (χ0v) is 12.2. The minimum absolute atomic E-state index is 0.212. The van der Waals surface area contributed by atoms with E-state index in [2.05, 4.69) is 0 Å². The predicted octanol–water partition coefficient (Wildman–Crippen LogP) is 1.13. The lowest BCUT2D eigenvalue weighted by atomic mass is 9.71. The van der Waals surface area contributed by atoms with Gasteiger partial charge in [-0.15, -0.1) is 0 Å². The Morgan fingerprint density at radius 3 is 2.65 bits per heavy atom. The van der Waals surface area contributed by atoms with Gasteiger partial charge in [-0.1, -0.05) is 0 Å². The summed E-state index contributed by atoms with van der Waals surface area (Å²) in [5.74, 6) is 0.476. The van der Waals surface area contributed by atoms with Gasteiger partial charge >= 0.3 is 12.1 Å². The molecule has 0 spiro atoms. The summed E-state index contributed by atoms with van der Waals surface area (Å²) >= 11 is 0. The molecule has 1 saturated carbocycles. The van der Waals surface area contributed by atoms with Crippen molar-refractivity contribution in [2.45, 2.75) is 44.7 Å². The van der Waals surface area contributed by atoms with E-state index in [1.165, 1.54) is 12.0 Å². The molecule has 1 saturated heterocycles. The molecule has 3 unspecified atom stereocenters. The van der Waals surface area contributed by atoms with Gasteiger partial charge in [0, 0.05) is 12.6 Å². The summed E-state index contributed by atoms with van der Waals surface area (Å²) in [6.45, 7) is 2.65. The molecule has 0 aromatic carbocycles. The Kier molecular flexibility index (Phi) is 4.86. The molecular formula is C14H24N2O4. The first-order valence-corrected chi connectivity index (χ1v) is 7.33. The molecule has 2 N–H and O–H groups in total. The van der Waals surface area contributed by atoms with Gasteiger partial charge in [-0.25, -0.2) is 9.59 Å². The van der Waals surface area contributed by atoms with Crippen molar-refractivity contribution >= 4 is 12.1 Å². The Labute approximate surface area is 119 Å². The Balaban J connectivity index is 2.13. The van der Waals surface area contributed by atoms with Crippen molar-refractivity contribution in [2.75, 3.05) is 20.3 Å². The summed E-state index contributed by atoms with van der Waals surface area (Å²) < 4.78 is 9.90. The summed E-state index contributed by atoms with van der Waals surface area (Å²) in [7, 11) is 1.34. The molecule has 1 amide bonds. The van der Waals surface area contributed by atoms with Crippen LogP contribution in [0, 0.1) is 11.8 Å². The summed E-state index contributed by atoms with van der Waals surface area (Å²) in [5.41, 5.74) is 6.02. The highest BCUT2D eigenvalue weighted by atomic mass is 16.6. The second-order valence-corrected chi connectivity index (χ2v) is 5.72. The lowest BCUT2D eigenvalue weighted by Gasteiger charge is -2.45. The summed E-state index contributed by atoms with van der Waals surface area (Å²) in [6, 6.07) is -0.322. The SMILES string of the molecule is CCOC(=O)C1CC2C[C@@H](N)CCC2CN1C(=O)OC. The van der Waals surface area contributed by atoms with Crippen LogP contribution in [0.4, 0.5) is 4.79 Å². The number of esters is 1. The third-order valence-corrected chi connectivity index (χ3v) is 4.48. The van der Waals surface area contributed by atoms with E-state index in [9.17, 15) is 9.59 Å². The fourth-order valence-electron chi connectivity index (χ4n) is 3.47. The van der Waals surface area contributed by atoms with Gasteiger partial charge in [0.25, 0.3) is 0 Å². The number of nitrogens with two attached hydrogens (primary N) is 1. The molecule has 6 nitrogen and oxygen atoms in total. The normalized spacial score (nSPS) is 33.2. The van der Waals surface area contributed by atoms with Gasteiger partial charge in [-0.3, -0.25) is 4.90 Å². The van der Waals surface area contributed by atoms with Crippen molar-refractivity contribution in [1.29, 1.82) is 0 Å². The zero-order valence-electron chi connectivity index (χ0n) is 12.2. The van der Waals surface area contributed by atoms with E-state index in [0.717, 1.165) is 19.3 Å². The minimum atomic E-state index is -0.533. The standard InChI is InChI=1S/C14H24N2O4/c1-3-20-13(17)12-7-10-6-11(15)5-4-9(10)8-16(12)14(18)19-2/h9-12H,3-8,15H2,1-2H3/t9?,10?,11-,12?/m0/s1. The van der Waals surface area contributed by atoms with E-state index >= 15 is 0 Å². The number of methoxy groups -OCH3 is 1. The molecule has 2 rings (SSSR count). The second kappa shape index (κ2) is 6.43. The summed E-state index contributed by atoms with van der Waals surface area (Å²) in [4.78, 5) is 25.5. The Bertz CT molecular complexity index is 374. The van der Waals surface area contributed by atoms with Gasteiger partial charge in [0.2, 0.25) is 0 Å². The molecule has 0 bridgehead atoms. The predicted molar refractivity (Wildman–Crippen MR) is 73.0 cm³/mol. The third kappa shape index (κ3) is 3.06. The van der Waals surface area contributed by atoms with E-state index in [4.69, 9.17) is 15.2 Å². The lowest BCUT2D eigenvalue weighted by molar-refractivity contribution is -0.152. The largest absolute Gasteiger partial charge is 0.464 e. The molecule has 2 fully saturated rings. The van der Waals surface area contributed by atoms with Crippen molar-refractivity contribution in [3.05, 3.63) is 0 Å². The number of nitrogens with zero attached hydrogens (tertiary/aromatic N) is 1. The first kappa shape index (κ1) is 15.1. The molecular weight excluding hydrogens is 260 g/mol. The van der Waals surface area contributed by atoms with Crippen LogP contribution in [0.15, 0.2) is 0 Å². The molecule has 20 heavy (non-hydrogen) atoms. The second-order valence-electron chi connectivity index (χ2n) is 5.72. The number of rotatable bonds is 2. The highest BCUT2D eigenvalue weighted by molar-refractivity contribution is 5.81. The van der Waals surface area contributed by atoms with Gasteiger partial charge in [-0.05, 0) is 44.4 Å². The van der Waals surface area contributed by atoms with Crippen molar-refractivity contribution in [3.63, 3.8) is 0 Å². The molecule has 1 heterocycles. The van der Waals surface area contributed by atoms with E-state index in [-0.39, 0.29) is 12.0 Å². The van der Waals surface area contributed by atoms with E-state index in [1.807, 2.05) is 0 Å². The number of likely N-dealkylation sites (tertiary alicyclic amines) is 1. The number of hydrogen-bond donors (Lipinski definition) is 1. The molecule has 4 atom stereocenters. The molecule has 0 aromatic rings.